The molecule has 0 amide bonds. The Balaban J connectivity index is 2.17. The highest BCUT2D eigenvalue weighted by atomic mass is 16.5. The summed E-state index contributed by atoms with van der Waals surface area (Å²) in [5.41, 5.74) is 3.40. The standard InChI is InChI=1S/C28H42O2/c1-5-7-9-11-16-23-18-15-21-27(25(23)19-12-10-8-6-2)30-28(3,4)22-24-17-13-14-20-26(24)29/h13-15,17-18,20-21,29H,5-12,16,19,22H2,1-4H3. The Morgan fingerprint density at radius 2 is 1.37 bits per heavy atom. The Kier molecular flexibility index (Phi) is 10.3. The normalized spacial score (nSPS) is 11.6. The highest BCUT2D eigenvalue weighted by molar-refractivity contribution is 5.41. The molecule has 2 heteroatoms. The van der Waals surface area contributed by atoms with Gasteiger partial charge >= 0.3 is 0 Å². The quantitative estimate of drug-likeness (QED) is 0.319. The predicted octanol–water partition coefficient (Wildman–Crippen LogP) is 8.04. The molecule has 0 saturated carbocycles. The molecule has 0 aliphatic carbocycles. The largest absolute Gasteiger partial charge is 0.508 e. The molecule has 2 aromatic rings. The molecule has 0 aliphatic rings. The molecule has 0 aliphatic heterocycles. The first kappa shape index (κ1) is 24.3. The molecule has 0 fully saturated rings. The number of benzene rings is 2. The van der Waals surface area contributed by atoms with Crippen molar-refractivity contribution < 1.29 is 9.84 Å². The van der Waals surface area contributed by atoms with Crippen LogP contribution in [0.3, 0.4) is 0 Å². The van der Waals surface area contributed by atoms with Gasteiger partial charge in [-0.1, -0.05) is 82.7 Å². The summed E-state index contributed by atoms with van der Waals surface area (Å²) in [5.74, 6) is 1.37. The number of unbranched alkanes of at least 4 members (excludes halogenated alkanes) is 6. The summed E-state index contributed by atoms with van der Waals surface area (Å²) in [7, 11) is 0. The molecule has 0 radical (unpaired) electrons. The van der Waals surface area contributed by atoms with E-state index in [0.717, 1.165) is 24.2 Å². The lowest BCUT2D eigenvalue weighted by molar-refractivity contribution is 0.107. The third-order valence-electron chi connectivity index (χ3n) is 5.80. The van der Waals surface area contributed by atoms with Crippen molar-refractivity contribution in [3.05, 3.63) is 59.2 Å². The van der Waals surface area contributed by atoms with E-state index in [9.17, 15) is 5.11 Å². The summed E-state index contributed by atoms with van der Waals surface area (Å²) < 4.78 is 6.61. The van der Waals surface area contributed by atoms with Gasteiger partial charge in [-0.25, -0.2) is 0 Å². The van der Waals surface area contributed by atoms with Gasteiger partial charge in [0, 0.05) is 6.42 Å². The number of aryl methyl sites for hydroxylation is 1. The van der Waals surface area contributed by atoms with Gasteiger partial charge < -0.3 is 9.84 Å². The van der Waals surface area contributed by atoms with E-state index in [4.69, 9.17) is 4.74 Å². The van der Waals surface area contributed by atoms with Crippen molar-refractivity contribution in [1.82, 2.24) is 0 Å². The maximum absolute atomic E-state index is 10.2. The van der Waals surface area contributed by atoms with E-state index in [1.807, 2.05) is 18.2 Å². The average Bonchev–Trinajstić information content (AvgIpc) is 2.71. The molecule has 0 aromatic heterocycles. The average molecular weight is 411 g/mol. The van der Waals surface area contributed by atoms with Crippen molar-refractivity contribution in [3.8, 4) is 11.5 Å². The SMILES string of the molecule is CCCCCCc1cccc(OC(C)(C)Cc2ccccc2O)c1CCCCCC. The molecule has 0 unspecified atom stereocenters. The van der Waals surface area contributed by atoms with E-state index >= 15 is 0 Å². The van der Waals surface area contributed by atoms with Gasteiger partial charge in [-0.3, -0.25) is 0 Å². The fraction of sp³-hybridized carbons (Fsp3) is 0.571. The van der Waals surface area contributed by atoms with Crippen molar-refractivity contribution in [3.63, 3.8) is 0 Å². The minimum absolute atomic E-state index is 0.346. The van der Waals surface area contributed by atoms with E-state index in [1.54, 1.807) is 6.07 Å². The van der Waals surface area contributed by atoms with Gasteiger partial charge in [0.25, 0.3) is 0 Å². The van der Waals surface area contributed by atoms with Crippen LogP contribution in [-0.2, 0) is 19.3 Å². The number of phenols is 1. The molecule has 0 heterocycles. The Labute approximate surface area is 184 Å². The van der Waals surface area contributed by atoms with Crippen LogP contribution < -0.4 is 4.74 Å². The third-order valence-corrected chi connectivity index (χ3v) is 5.80. The zero-order chi connectivity index (χ0) is 21.8. The van der Waals surface area contributed by atoms with Crippen LogP contribution in [0.25, 0.3) is 0 Å². The lowest BCUT2D eigenvalue weighted by Crippen LogP contribution is -2.31. The molecule has 0 saturated heterocycles. The number of rotatable bonds is 14. The zero-order valence-corrected chi connectivity index (χ0v) is 19.7. The Bertz CT molecular complexity index is 748. The van der Waals surface area contributed by atoms with Crippen molar-refractivity contribution in [2.45, 2.75) is 104 Å². The summed E-state index contributed by atoms with van der Waals surface area (Å²) >= 11 is 0. The molecule has 0 bridgehead atoms. The molecule has 30 heavy (non-hydrogen) atoms. The van der Waals surface area contributed by atoms with Crippen LogP contribution in [0.2, 0.25) is 0 Å². The van der Waals surface area contributed by atoms with Crippen LogP contribution in [0.5, 0.6) is 11.5 Å². The van der Waals surface area contributed by atoms with Crippen LogP contribution in [-0.4, -0.2) is 10.7 Å². The first-order chi connectivity index (χ1) is 14.5. The molecule has 0 atom stereocenters. The molecule has 2 nitrogen and oxygen atoms in total. The van der Waals surface area contributed by atoms with E-state index < -0.39 is 5.60 Å². The van der Waals surface area contributed by atoms with Crippen LogP contribution >= 0.6 is 0 Å². The minimum Gasteiger partial charge on any atom is -0.508 e. The van der Waals surface area contributed by atoms with Crippen LogP contribution in [0.15, 0.2) is 42.5 Å². The van der Waals surface area contributed by atoms with Gasteiger partial charge in [0.1, 0.15) is 17.1 Å². The van der Waals surface area contributed by atoms with Gasteiger partial charge in [0.05, 0.1) is 0 Å². The van der Waals surface area contributed by atoms with E-state index in [-0.39, 0.29) is 0 Å². The van der Waals surface area contributed by atoms with Gasteiger partial charge in [0.15, 0.2) is 0 Å². The van der Waals surface area contributed by atoms with Gasteiger partial charge in [-0.15, -0.1) is 0 Å². The maximum atomic E-state index is 10.2. The summed E-state index contributed by atoms with van der Waals surface area (Å²) in [6.07, 6.45) is 13.1. The highest BCUT2D eigenvalue weighted by Crippen LogP contribution is 2.32. The summed E-state index contributed by atoms with van der Waals surface area (Å²) in [4.78, 5) is 0. The molecule has 2 aromatic carbocycles. The van der Waals surface area contributed by atoms with Crippen LogP contribution in [0, 0.1) is 0 Å². The minimum atomic E-state index is -0.391. The second-order valence-electron chi connectivity index (χ2n) is 9.18. The third kappa shape index (κ3) is 8.05. The molecule has 2 rings (SSSR count). The zero-order valence-electron chi connectivity index (χ0n) is 19.7. The van der Waals surface area contributed by atoms with Crippen LogP contribution in [0.4, 0.5) is 0 Å². The predicted molar refractivity (Wildman–Crippen MR) is 129 cm³/mol. The molecule has 0 spiro atoms. The van der Waals surface area contributed by atoms with Crippen molar-refractivity contribution >= 4 is 0 Å². The summed E-state index contributed by atoms with van der Waals surface area (Å²) in [5, 5.41) is 10.2. The monoisotopic (exact) mass is 410 g/mol. The first-order valence-electron chi connectivity index (χ1n) is 12.0. The highest BCUT2D eigenvalue weighted by Gasteiger charge is 2.24. The lowest BCUT2D eigenvalue weighted by atomic mass is 9.94. The summed E-state index contributed by atoms with van der Waals surface area (Å²) in [6.45, 7) is 8.76. The smallest absolute Gasteiger partial charge is 0.123 e. The van der Waals surface area contributed by atoms with E-state index in [0.29, 0.717) is 12.2 Å². The molecule has 166 valence electrons. The van der Waals surface area contributed by atoms with Crippen LogP contribution in [0.1, 0.15) is 95.8 Å². The molecule has 1 N–H and O–H groups in total. The van der Waals surface area contributed by atoms with E-state index in [1.165, 1.54) is 62.5 Å². The Morgan fingerprint density at radius 3 is 2.03 bits per heavy atom. The number of ether oxygens (including phenoxy) is 1. The number of para-hydroxylation sites is 1. The van der Waals surface area contributed by atoms with Gasteiger partial charge in [-0.05, 0) is 68.4 Å². The van der Waals surface area contributed by atoms with E-state index in [2.05, 4.69) is 45.9 Å². The second-order valence-corrected chi connectivity index (χ2v) is 9.18. The van der Waals surface area contributed by atoms with Crippen molar-refractivity contribution in [1.29, 1.82) is 0 Å². The Morgan fingerprint density at radius 1 is 0.733 bits per heavy atom. The van der Waals surface area contributed by atoms with Gasteiger partial charge in [0.2, 0.25) is 0 Å². The number of aromatic hydroxyl groups is 1. The maximum Gasteiger partial charge on any atom is 0.123 e. The lowest BCUT2D eigenvalue weighted by Gasteiger charge is -2.29. The number of phenolic OH excluding ortho intramolecular Hbond substituents is 1. The second kappa shape index (κ2) is 12.7. The van der Waals surface area contributed by atoms with Crippen molar-refractivity contribution in [2.24, 2.45) is 0 Å². The number of hydrogen-bond acceptors (Lipinski definition) is 2. The fourth-order valence-corrected chi connectivity index (χ4v) is 4.15. The number of hydrogen-bond donors (Lipinski definition) is 1. The molecular formula is C28H42O2. The first-order valence-corrected chi connectivity index (χ1v) is 12.0. The molecular weight excluding hydrogens is 368 g/mol. The summed E-state index contributed by atoms with van der Waals surface area (Å²) in [6, 6.07) is 14.2. The fourth-order valence-electron chi connectivity index (χ4n) is 4.15. The topological polar surface area (TPSA) is 29.5 Å². The Hall–Kier alpha value is -1.96. The van der Waals surface area contributed by atoms with Crippen molar-refractivity contribution in [2.75, 3.05) is 0 Å². The van der Waals surface area contributed by atoms with Gasteiger partial charge in [-0.2, -0.15) is 0 Å².